The molecule has 1 N–H and O–H groups in total. The number of carbonyl (C=O) groups is 3. The minimum atomic E-state index is -0.470. The van der Waals surface area contributed by atoms with Gasteiger partial charge in [-0.2, -0.15) is 0 Å². The maximum Gasteiger partial charge on any atom is 0.294 e. The van der Waals surface area contributed by atoms with E-state index in [1.807, 2.05) is 19.9 Å². The number of nitrogens with one attached hydrogen (secondary N) is 1. The van der Waals surface area contributed by atoms with E-state index in [0.29, 0.717) is 16.3 Å². The van der Waals surface area contributed by atoms with Crippen molar-refractivity contribution in [1.29, 1.82) is 0 Å². The fraction of sp³-hybridized carbons (Fsp3) is 0.222. The number of hydrogen-bond donors (Lipinski definition) is 1. The van der Waals surface area contributed by atoms with Crippen LogP contribution < -0.4 is 10.1 Å². The Morgan fingerprint density at radius 3 is 2.37 bits per heavy atom. The molecule has 0 spiro atoms. The van der Waals surface area contributed by atoms with Gasteiger partial charge in [-0.05, 0) is 91.7 Å². The number of aryl methyl sites for hydroxylation is 2. The number of ether oxygens (including phenoxy) is 1. The smallest absolute Gasteiger partial charge is 0.294 e. The van der Waals surface area contributed by atoms with Crippen LogP contribution in [-0.4, -0.2) is 40.2 Å². The van der Waals surface area contributed by atoms with Crippen molar-refractivity contribution in [3.05, 3.63) is 82.0 Å². The van der Waals surface area contributed by atoms with E-state index in [9.17, 15) is 14.4 Å². The van der Waals surface area contributed by atoms with Gasteiger partial charge in [0.2, 0.25) is 5.91 Å². The zero-order valence-corrected chi connectivity index (χ0v) is 20.9. The maximum atomic E-state index is 12.9. The quantitative estimate of drug-likeness (QED) is 0.453. The molecule has 7 nitrogen and oxygen atoms in total. The first kappa shape index (κ1) is 24.3. The highest BCUT2D eigenvalue weighted by Crippen LogP contribution is 2.33. The molecule has 35 heavy (non-hydrogen) atoms. The molecule has 0 atom stereocenters. The summed E-state index contributed by atoms with van der Waals surface area (Å²) in [6.07, 6.45) is 2.70. The van der Waals surface area contributed by atoms with Crippen molar-refractivity contribution < 1.29 is 19.1 Å². The molecule has 0 radical (unpaired) electrons. The predicted octanol–water partition coefficient (Wildman–Crippen LogP) is 5.34. The normalized spacial score (nSPS) is 14.6. The number of carbonyl (C=O) groups excluding carboxylic acids is 3. The topological polar surface area (TPSA) is 80.6 Å². The lowest BCUT2D eigenvalue weighted by atomic mass is 10.1. The summed E-state index contributed by atoms with van der Waals surface area (Å²) < 4.78 is 7.22. The minimum Gasteiger partial charge on any atom is -0.497 e. The molecule has 0 unspecified atom stereocenters. The predicted molar refractivity (Wildman–Crippen MR) is 139 cm³/mol. The Balaban J connectivity index is 1.49. The van der Waals surface area contributed by atoms with Gasteiger partial charge in [-0.3, -0.25) is 19.3 Å². The first-order chi connectivity index (χ1) is 16.8. The van der Waals surface area contributed by atoms with Gasteiger partial charge < -0.3 is 14.6 Å². The largest absolute Gasteiger partial charge is 0.497 e. The molecule has 0 bridgehead atoms. The van der Waals surface area contributed by atoms with Gasteiger partial charge >= 0.3 is 0 Å². The second-order valence-electron chi connectivity index (χ2n) is 8.23. The zero-order valence-electron chi connectivity index (χ0n) is 20.1. The minimum absolute atomic E-state index is 0.300. The average Bonchev–Trinajstić information content (AvgIpc) is 3.28. The van der Waals surface area contributed by atoms with Crippen LogP contribution in [0, 0.1) is 13.8 Å². The number of anilines is 1. The van der Waals surface area contributed by atoms with E-state index in [2.05, 4.69) is 41.1 Å². The van der Waals surface area contributed by atoms with Gasteiger partial charge in [0.15, 0.2) is 0 Å². The molecule has 1 fully saturated rings. The van der Waals surface area contributed by atoms with Crippen LogP contribution in [-0.2, 0) is 16.0 Å². The number of aromatic nitrogens is 1. The standard InChI is InChI=1S/C27H27N3O4S/c1-5-19-6-10-22(11-7-19)30-17(2)14-20(18(30)3)15-24-26(32)29(27(33)35-24)16-25(31)28-21-8-12-23(34-4)13-9-21/h6-15H,5,16H2,1-4H3,(H,28,31)/b24-15+. The van der Waals surface area contributed by atoms with Crippen LogP contribution in [0.15, 0.2) is 59.5 Å². The number of methoxy groups -OCH3 is 1. The molecule has 1 aliphatic rings. The Morgan fingerprint density at radius 1 is 1.06 bits per heavy atom. The third kappa shape index (κ3) is 5.17. The van der Waals surface area contributed by atoms with E-state index in [0.717, 1.165) is 45.7 Å². The Kier molecular flexibility index (Phi) is 7.12. The number of benzene rings is 2. The van der Waals surface area contributed by atoms with Crippen molar-refractivity contribution in [2.24, 2.45) is 0 Å². The Morgan fingerprint density at radius 2 is 1.74 bits per heavy atom. The van der Waals surface area contributed by atoms with Crippen molar-refractivity contribution in [3.8, 4) is 11.4 Å². The summed E-state index contributed by atoms with van der Waals surface area (Å²) in [5, 5.41) is 2.24. The molecule has 2 heterocycles. The van der Waals surface area contributed by atoms with Gasteiger partial charge in [-0.15, -0.1) is 0 Å². The maximum absolute atomic E-state index is 12.9. The molecule has 2 aromatic carbocycles. The van der Waals surface area contributed by atoms with Gasteiger partial charge in [0.05, 0.1) is 12.0 Å². The molecular weight excluding hydrogens is 462 g/mol. The van der Waals surface area contributed by atoms with E-state index in [-0.39, 0.29) is 6.54 Å². The molecule has 0 saturated carbocycles. The molecule has 180 valence electrons. The highest BCUT2D eigenvalue weighted by Gasteiger charge is 2.36. The summed E-state index contributed by atoms with van der Waals surface area (Å²) in [5.74, 6) is -0.259. The highest BCUT2D eigenvalue weighted by atomic mass is 32.2. The van der Waals surface area contributed by atoms with E-state index >= 15 is 0 Å². The van der Waals surface area contributed by atoms with Gasteiger partial charge in [0.1, 0.15) is 12.3 Å². The van der Waals surface area contributed by atoms with Gasteiger partial charge in [0.25, 0.3) is 11.1 Å². The number of thioether (sulfide) groups is 1. The summed E-state index contributed by atoms with van der Waals surface area (Å²) in [4.78, 5) is 39.2. The van der Waals surface area contributed by atoms with Crippen LogP contribution in [0.3, 0.4) is 0 Å². The molecule has 1 aromatic heterocycles. The third-order valence-electron chi connectivity index (χ3n) is 5.91. The monoisotopic (exact) mass is 489 g/mol. The molecular formula is C27H27N3O4S. The Bertz CT molecular complexity index is 1310. The molecule has 0 aliphatic carbocycles. The summed E-state index contributed by atoms with van der Waals surface area (Å²) in [7, 11) is 1.56. The lowest BCUT2D eigenvalue weighted by Crippen LogP contribution is -2.36. The van der Waals surface area contributed by atoms with Crippen LogP contribution >= 0.6 is 11.8 Å². The first-order valence-electron chi connectivity index (χ1n) is 11.3. The second kappa shape index (κ2) is 10.2. The van der Waals surface area contributed by atoms with E-state index in [4.69, 9.17) is 4.74 Å². The van der Waals surface area contributed by atoms with Crippen LogP contribution in [0.2, 0.25) is 0 Å². The Hall–Kier alpha value is -3.78. The molecule has 3 amide bonds. The van der Waals surface area contributed by atoms with Crippen molar-refractivity contribution in [3.63, 3.8) is 0 Å². The summed E-state index contributed by atoms with van der Waals surface area (Å²) in [5.41, 5.74) is 5.71. The molecule has 3 aromatic rings. The van der Waals surface area contributed by atoms with Crippen LogP contribution in [0.25, 0.3) is 11.8 Å². The van der Waals surface area contributed by atoms with E-state index < -0.39 is 17.1 Å². The number of rotatable bonds is 7. The van der Waals surface area contributed by atoms with Crippen molar-refractivity contribution >= 4 is 40.6 Å². The average molecular weight is 490 g/mol. The number of imide groups is 1. The van der Waals surface area contributed by atoms with Gasteiger partial charge in [-0.25, -0.2) is 0 Å². The number of hydrogen-bond acceptors (Lipinski definition) is 5. The first-order valence-corrected chi connectivity index (χ1v) is 12.1. The fourth-order valence-corrected chi connectivity index (χ4v) is 4.84. The Labute approximate surface area is 208 Å². The molecule has 8 heteroatoms. The second-order valence-corrected chi connectivity index (χ2v) is 9.22. The van der Waals surface area contributed by atoms with Crippen molar-refractivity contribution in [2.45, 2.75) is 27.2 Å². The molecule has 1 saturated heterocycles. The van der Waals surface area contributed by atoms with Crippen LogP contribution in [0.5, 0.6) is 5.75 Å². The zero-order chi connectivity index (χ0) is 25.1. The van der Waals surface area contributed by atoms with Crippen LogP contribution in [0.4, 0.5) is 10.5 Å². The lowest BCUT2D eigenvalue weighted by molar-refractivity contribution is -0.127. The highest BCUT2D eigenvalue weighted by molar-refractivity contribution is 8.18. The van der Waals surface area contributed by atoms with Crippen LogP contribution in [0.1, 0.15) is 29.4 Å². The van der Waals surface area contributed by atoms with Gasteiger partial charge in [0, 0.05) is 22.8 Å². The number of nitrogens with zero attached hydrogens (tertiary/aromatic N) is 2. The molecule has 1 aliphatic heterocycles. The lowest BCUT2D eigenvalue weighted by Gasteiger charge is -2.12. The summed E-state index contributed by atoms with van der Waals surface area (Å²) >= 11 is 0.847. The van der Waals surface area contributed by atoms with E-state index in [1.54, 1.807) is 37.5 Å². The fourth-order valence-electron chi connectivity index (χ4n) is 4.01. The van der Waals surface area contributed by atoms with E-state index in [1.165, 1.54) is 5.56 Å². The molecule has 4 rings (SSSR count). The third-order valence-corrected chi connectivity index (χ3v) is 6.82. The SMILES string of the molecule is CCc1ccc(-n2c(C)cc(/C=C3/SC(=O)N(CC(=O)Nc4ccc(OC)cc4)C3=O)c2C)cc1. The van der Waals surface area contributed by atoms with Crippen molar-refractivity contribution in [2.75, 3.05) is 19.0 Å². The number of amides is 3. The summed E-state index contributed by atoms with van der Waals surface area (Å²) in [6, 6.07) is 17.2. The van der Waals surface area contributed by atoms with Gasteiger partial charge in [-0.1, -0.05) is 19.1 Å². The van der Waals surface area contributed by atoms with Crippen molar-refractivity contribution in [1.82, 2.24) is 9.47 Å². The summed E-state index contributed by atoms with van der Waals surface area (Å²) in [6.45, 7) is 5.76.